The van der Waals surface area contributed by atoms with E-state index in [1.54, 1.807) is 37.4 Å². The number of benzene rings is 2. The van der Waals surface area contributed by atoms with E-state index >= 15 is 0 Å². The molecule has 0 aliphatic carbocycles. The first kappa shape index (κ1) is 17.0. The monoisotopic (exact) mass is 330 g/mol. The fourth-order valence-corrected chi connectivity index (χ4v) is 2.41. The van der Waals surface area contributed by atoms with Crippen LogP contribution in [0.4, 0.5) is 5.69 Å². The van der Waals surface area contributed by atoms with Gasteiger partial charge in [-0.05, 0) is 43.2 Å². The number of nitrogens with zero attached hydrogens (tertiary/aromatic N) is 1. The second-order valence-corrected chi connectivity index (χ2v) is 5.84. The predicted octanol–water partition coefficient (Wildman–Crippen LogP) is 3.67. The molecule has 2 amide bonds. The van der Waals surface area contributed by atoms with Crippen LogP contribution < -0.4 is 5.32 Å². The van der Waals surface area contributed by atoms with Crippen LogP contribution in [-0.4, -0.2) is 30.3 Å². The first-order chi connectivity index (χ1) is 10.9. The van der Waals surface area contributed by atoms with Crippen molar-refractivity contribution >= 4 is 29.1 Å². The predicted molar refractivity (Wildman–Crippen MR) is 93.0 cm³/mol. The van der Waals surface area contributed by atoms with Gasteiger partial charge in [0.15, 0.2) is 0 Å². The molecule has 2 aromatic rings. The standard InChI is InChI=1S/C18H19ClN2O2/c1-12-7-6-8-14(13(12)2)18(23)21(3)11-17(22)20-16-10-5-4-9-15(16)19/h4-10H,11H2,1-3H3,(H,20,22). The number of anilines is 1. The van der Waals surface area contributed by atoms with Crippen molar-refractivity contribution in [2.24, 2.45) is 0 Å². The zero-order valence-electron chi connectivity index (χ0n) is 13.4. The number of rotatable bonds is 4. The van der Waals surface area contributed by atoms with Gasteiger partial charge in [-0.3, -0.25) is 9.59 Å². The first-order valence-corrected chi connectivity index (χ1v) is 7.64. The summed E-state index contributed by atoms with van der Waals surface area (Å²) in [6.07, 6.45) is 0. The lowest BCUT2D eigenvalue weighted by atomic mass is 10.0. The molecule has 0 saturated carbocycles. The summed E-state index contributed by atoms with van der Waals surface area (Å²) in [4.78, 5) is 26.0. The summed E-state index contributed by atoms with van der Waals surface area (Å²) in [6.45, 7) is 3.81. The van der Waals surface area contributed by atoms with E-state index in [-0.39, 0.29) is 18.4 Å². The molecule has 0 aliphatic rings. The summed E-state index contributed by atoms with van der Waals surface area (Å²) in [5.41, 5.74) is 3.12. The minimum Gasteiger partial charge on any atom is -0.332 e. The minimum absolute atomic E-state index is 0.0442. The van der Waals surface area contributed by atoms with Gasteiger partial charge in [0.25, 0.3) is 5.91 Å². The molecule has 2 rings (SSSR count). The summed E-state index contributed by atoms with van der Waals surface area (Å²) in [5.74, 6) is -0.472. The summed E-state index contributed by atoms with van der Waals surface area (Å²) in [5, 5.41) is 3.17. The Morgan fingerprint density at radius 1 is 1.09 bits per heavy atom. The molecule has 0 saturated heterocycles. The lowest BCUT2D eigenvalue weighted by molar-refractivity contribution is -0.116. The lowest BCUT2D eigenvalue weighted by Gasteiger charge is -2.19. The van der Waals surface area contributed by atoms with Crippen molar-refractivity contribution in [2.45, 2.75) is 13.8 Å². The smallest absolute Gasteiger partial charge is 0.254 e. The molecule has 0 bridgehead atoms. The van der Waals surface area contributed by atoms with Gasteiger partial charge in [0.1, 0.15) is 0 Å². The van der Waals surface area contributed by atoms with Gasteiger partial charge in [0.2, 0.25) is 5.91 Å². The van der Waals surface area contributed by atoms with E-state index in [9.17, 15) is 9.59 Å². The maximum Gasteiger partial charge on any atom is 0.254 e. The molecule has 0 fully saturated rings. The van der Waals surface area contributed by atoms with Crippen molar-refractivity contribution < 1.29 is 9.59 Å². The van der Waals surface area contributed by atoms with E-state index in [0.717, 1.165) is 11.1 Å². The molecular formula is C18H19ClN2O2. The van der Waals surface area contributed by atoms with Crippen molar-refractivity contribution in [1.29, 1.82) is 0 Å². The minimum atomic E-state index is -0.292. The first-order valence-electron chi connectivity index (χ1n) is 7.26. The van der Waals surface area contributed by atoms with E-state index < -0.39 is 0 Å². The van der Waals surface area contributed by atoms with Crippen LogP contribution in [-0.2, 0) is 4.79 Å². The highest BCUT2D eigenvalue weighted by atomic mass is 35.5. The van der Waals surface area contributed by atoms with Crippen molar-refractivity contribution in [1.82, 2.24) is 4.90 Å². The molecule has 0 heterocycles. The van der Waals surface area contributed by atoms with Crippen LogP contribution in [0.5, 0.6) is 0 Å². The molecule has 4 nitrogen and oxygen atoms in total. The summed E-state index contributed by atoms with van der Waals surface area (Å²) in [7, 11) is 1.61. The third-order valence-corrected chi connectivity index (χ3v) is 4.04. The van der Waals surface area contributed by atoms with Crippen molar-refractivity contribution in [3.63, 3.8) is 0 Å². The molecule has 23 heavy (non-hydrogen) atoms. The van der Waals surface area contributed by atoms with Gasteiger partial charge in [-0.2, -0.15) is 0 Å². The Morgan fingerprint density at radius 2 is 1.78 bits per heavy atom. The number of amides is 2. The number of hydrogen-bond acceptors (Lipinski definition) is 2. The maximum atomic E-state index is 12.5. The van der Waals surface area contributed by atoms with Gasteiger partial charge in [0.05, 0.1) is 17.3 Å². The molecule has 0 radical (unpaired) electrons. The number of halogens is 1. The average molecular weight is 331 g/mol. The van der Waals surface area contributed by atoms with Crippen LogP contribution in [0.2, 0.25) is 5.02 Å². The number of aryl methyl sites for hydroxylation is 1. The molecule has 0 atom stereocenters. The maximum absolute atomic E-state index is 12.5. The second kappa shape index (κ2) is 7.29. The van der Waals surface area contributed by atoms with Crippen LogP contribution in [0, 0.1) is 13.8 Å². The molecule has 1 N–H and O–H groups in total. The van der Waals surface area contributed by atoms with Gasteiger partial charge >= 0.3 is 0 Å². The van der Waals surface area contributed by atoms with Crippen LogP contribution in [0.15, 0.2) is 42.5 Å². The number of carbonyl (C=O) groups excluding carboxylic acids is 2. The van der Waals surface area contributed by atoms with Crippen molar-refractivity contribution in [2.75, 3.05) is 18.9 Å². The topological polar surface area (TPSA) is 49.4 Å². The third-order valence-electron chi connectivity index (χ3n) is 3.71. The average Bonchev–Trinajstić information content (AvgIpc) is 2.51. The second-order valence-electron chi connectivity index (χ2n) is 5.44. The van der Waals surface area contributed by atoms with E-state index in [0.29, 0.717) is 16.3 Å². The van der Waals surface area contributed by atoms with Gasteiger partial charge in [-0.1, -0.05) is 35.9 Å². The summed E-state index contributed by atoms with van der Waals surface area (Å²) in [6, 6.07) is 12.5. The Bertz CT molecular complexity index is 744. The van der Waals surface area contributed by atoms with Crippen molar-refractivity contribution in [3.8, 4) is 0 Å². The Kier molecular flexibility index (Phi) is 5.40. The van der Waals surface area contributed by atoms with E-state index in [2.05, 4.69) is 5.32 Å². The largest absolute Gasteiger partial charge is 0.332 e. The Labute approximate surface area is 141 Å². The quantitative estimate of drug-likeness (QED) is 0.930. The molecule has 0 aliphatic heterocycles. The highest BCUT2D eigenvalue weighted by molar-refractivity contribution is 6.33. The van der Waals surface area contributed by atoms with Gasteiger partial charge in [-0.25, -0.2) is 0 Å². The van der Waals surface area contributed by atoms with Crippen LogP contribution >= 0.6 is 11.6 Å². The number of nitrogens with one attached hydrogen (secondary N) is 1. The highest BCUT2D eigenvalue weighted by Crippen LogP contribution is 2.20. The number of para-hydroxylation sites is 1. The van der Waals surface area contributed by atoms with Crippen LogP contribution in [0.3, 0.4) is 0 Å². The SMILES string of the molecule is Cc1cccc(C(=O)N(C)CC(=O)Nc2ccccc2Cl)c1C. The van der Waals surface area contributed by atoms with Crippen LogP contribution in [0.1, 0.15) is 21.5 Å². The summed E-state index contributed by atoms with van der Waals surface area (Å²) < 4.78 is 0. The molecule has 2 aromatic carbocycles. The molecule has 0 unspecified atom stereocenters. The van der Waals surface area contributed by atoms with Crippen LogP contribution in [0.25, 0.3) is 0 Å². The molecule has 0 spiro atoms. The molecule has 0 aromatic heterocycles. The highest BCUT2D eigenvalue weighted by Gasteiger charge is 2.17. The Hall–Kier alpha value is -2.33. The number of carbonyl (C=O) groups is 2. The van der Waals surface area contributed by atoms with Gasteiger partial charge < -0.3 is 10.2 Å². The van der Waals surface area contributed by atoms with Gasteiger partial charge in [-0.15, -0.1) is 0 Å². The summed E-state index contributed by atoms with van der Waals surface area (Å²) >= 11 is 6.01. The molecule has 120 valence electrons. The number of hydrogen-bond donors (Lipinski definition) is 1. The van der Waals surface area contributed by atoms with E-state index in [4.69, 9.17) is 11.6 Å². The third kappa shape index (κ3) is 4.11. The van der Waals surface area contributed by atoms with E-state index in [1.807, 2.05) is 26.0 Å². The fraction of sp³-hybridized carbons (Fsp3) is 0.222. The fourth-order valence-electron chi connectivity index (χ4n) is 2.23. The van der Waals surface area contributed by atoms with E-state index in [1.165, 1.54) is 4.90 Å². The Balaban J connectivity index is 2.05. The Morgan fingerprint density at radius 3 is 2.48 bits per heavy atom. The van der Waals surface area contributed by atoms with Crippen molar-refractivity contribution in [3.05, 3.63) is 64.2 Å². The molecule has 5 heteroatoms. The molecular weight excluding hydrogens is 312 g/mol. The zero-order valence-corrected chi connectivity index (χ0v) is 14.1. The number of likely N-dealkylation sites (N-methyl/N-ethyl adjacent to an activating group) is 1. The zero-order chi connectivity index (χ0) is 17.0. The lowest BCUT2D eigenvalue weighted by Crippen LogP contribution is -2.35. The van der Waals surface area contributed by atoms with Gasteiger partial charge in [0, 0.05) is 12.6 Å². The normalized spacial score (nSPS) is 10.3.